The second-order valence-corrected chi connectivity index (χ2v) is 5.75. The number of carbonyl (C=O) groups excluding carboxylic acids is 1. The summed E-state index contributed by atoms with van der Waals surface area (Å²) < 4.78 is 3.67. The summed E-state index contributed by atoms with van der Waals surface area (Å²) in [5, 5.41) is 9.39. The van der Waals surface area contributed by atoms with Gasteiger partial charge in [0.2, 0.25) is 5.91 Å². The zero-order valence-corrected chi connectivity index (χ0v) is 13.2. The van der Waals surface area contributed by atoms with Gasteiger partial charge in [0.15, 0.2) is 11.0 Å². The lowest BCUT2D eigenvalue weighted by molar-refractivity contribution is -0.116. The van der Waals surface area contributed by atoms with Crippen LogP contribution < -0.4 is 5.32 Å². The van der Waals surface area contributed by atoms with Crippen molar-refractivity contribution in [1.29, 1.82) is 0 Å². The predicted octanol–water partition coefficient (Wildman–Crippen LogP) is 1.85. The van der Waals surface area contributed by atoms with E-state index in [1.54, 1.807) is 17.1 Å². The van der Waals surface area contributed by atoms with Crippen molar-refractivity contribution in [3.63, 3.8) is 0 Å². The number of carbonyl (C=O) groups is 1. The SMILES string of the molecule is Cn1ccnc1-c1csc(NC(=O)CCc2ccnn2C)n1. The van der Waals surface area contributed by atoms with Gasteiger partial charge < -0.3 is 9.88 Å². The van der Waals surface area contributed by atoms with E-state index in [9.17, 15) is 4.79 Å². The number of rotatable bonds is 5. The Hall–Kier alpha value is -2.48. The summed E-state index contributed by atoms with van der Waals surface area (Å²) in [5.74, 6) is 0.730. The molecule has 7 nitrogen and oxygen atoms in total. The Kier molecular flexibility index (Phi) is 4.01. The topological polar surface area (TPSA) is 77.6 Å². The molecule has 1 N–H and O–H groups in total. The van der Waals surface area contributed by atoms with Crippen LogP contribution >= 0.6 is 11.3 Å². The fraction of sp³-hybridized carbons (Fsp3) is 0.286. The van der Waals surface area contributed by atoms with E-state index < -0.39 is 0 Å². The number of amides is 1. The molecule has 0 fully saturated rings. The Balaban J connectivity index is 1.59. The first-order valence-electron chi connectivity index (χ1n) is 6.83. The molecular weight excluding hydrogens is 300 g/mol. The third kappa shape index (κ3) is 3.06. The molecule has 3 heterocycles. The van der Waals surface area contributed by atoms with E-state index >= 15 is 0 Å². The minimum atomic E-state index is -0.0538. The summed E-state index contributed by atoms with van der Waals surface area (Å²) in [6, 6.07) is 1.91. The van der Waals surface area contributed by atoms with Gasteiger partial charge in [0.1, 0.15) is 5.69 Å². The molecule has 0 unspecified atom stereocenters. The van der Waals surface area contributed by atoms with E-state index in [-0.39, 0.29) is 5.91 Å². The summed E-state index contributed by atoms with van der Waals surface area (Å²) >= 11 is 1.40. The second-order valence-electron chi connectivity index (χ2n) is 4.89. The number of nitrogens with one attached hydrogen (secondary N) is 1. The Morgan fingerprint density at radius 1 is 1.36 bits per heavy atom. The number of aromatic nitrogens is 5. The molecule has 0 radical (unpaired) electrons. The first-order valence-corrected chi connectivity index (χ1v) is 7.71. The molecule has 0 atom stereocenters. The number of hydrogen-bond acceptors (Lipinski definition) is 5. The number of nitrogens with zero attached hydrogens (tertiary/aromatic N) is 5. The Labute approximate surface area is 131 Å². The van der Waals surface area contributed by atoms with Crippen molar-refractivity contribution in [2.24, 2.45) is 14.1 Å². The molecule has 3 aromatic rings. The summed E-state index contributed by atoms with van der Waals surface area (Å²) in [5.41, 5.74) is 1.79. The minimum absolute atomic E-state index is 0.0538. The molecule has 114 valence electrons. The number of imidazole rings is 1. The highest BCUT2D eigenvalue weighted by atomic mass is 32.1. The third-order valence-corrected chi connectivity index (χ3v) is 4.09. The fourth-order valence-electron chi connectivity index (χ4n) is 2.12. The molecule has 3 rings (SSSR count). The van der Waals surface area contributed by atoms with Crippen LogP contribution in [0.3, 0.4) is 0 Å². The molecule has 0 aromatic carbocycles. The largest absolute Gasteiger partial charge is 0.333 e. The molecular formula is C14H16N6OS. The van der Waals surface area contributed by atoms with Crippen molar-refractivity contribution in [2.75, 3.05) is 5.32 Å². The van der Waals surface area contributed by atoms with Crippen molar-refractivity contribution in [1.82, 2.24) is 24.3 Å². The van der Waals surface area contributed by atoms with E-state index in [2.05, 4.69) is 20.4 Å². The Morgan fingerprint density at radius 3 is 2.91 bits per heavy atom. The first-order chi connectivity index (χ1) is 10.6. The van der Waals surface area contributed by atoms with Crippen LogP contribution in [0.25, 0.3) is 11.5 Å². The molecule has 0 saturated heterocycles. The Morgan fingerprint density at radius 2 is 2.23 bits per heavy atom. The van der Waals surface area contributed by atoms with Crippen molar-refractivity contribution in [3.05, 3.63) is 35.7 Å². The molecule has 3 aromatic heterocycles. The fourth-order valence-corrected chi connectivity index (χ4v) is 2.82. The normalized spacial score (nSPS) is 10.8. The Bertz CT molecular complexity index is 787. The van der Waals surface area contributed by atoms with E-state index in [0.29, 0.717) is 18.0 Å². The summed E-state index contributed by atoms with van der Waals surface area (Å²) in [6.45, 7) is 0. The zero-order valence-electron chi connectivity index (χ0n) is 12.4. The molecule has 0 aliphatic heterocycles. The number of hydrogen-bond donors (Lipinski definition) is 1. The lowest BCUT2D eigenvalue weighted by atomic mass is 10.2. The van der Waals surface area contributed by atoms with Crippen LogP contribution in [-0.4, -0.2) is 30.2 Å². The zero-order chi connectivity index (χ0) is 15.5. The van der Waals surface area contributed by atoms with Gasteiger partial charge in [-0.15, -0.1) is 11.3 Å². The standard InChI is InChI=1S/C14H16N6OS/c1-19-8-7-15-13(19)11-9-22-14(17-11)18-12(21)4-3-10-5-6-16-20(10)2/h5-9H,3-4H2,1-2H3,(H,17,18,21). The van der Waals surface area contributed by atoms with Gasteiger partial charge in [-0.3, -0.25) is 9.48 Å². The maximum Gasteiger partial charge on any atom is 0.226 e. The summed E-state index contributed by atoms with van der Waals surface area (Å²) in [7, 11) is 3.78. The van der Waals surface area contributed by atoms with Gasteiger partial charge in [0, 0.05) is 50.2 Å². The lowest BCUT2D eigenvalue weighted by Crippen LogP contribution is -2.13. The number of anilines is 1. The third-order valence-electron chi connectivity index (χ3n) is 3.33. The second kappa shape index (κ2) is 6.10. The molecule has 1 amide bonds. The quantitative estimate of drug-likeness (QED) is 0.779. The molecule has 0 bridgehead atoms. The number of aryl methyl sites for hydroxylation is 3. The lowest BCUT2D eigenvalue weighted by Gasteiger charge is -2.02. The van der Waals surface area contributed by atoms with Crippen LogP contribution in [-0.2, 0) is 25.3 Å². The van der Waals surface area contributed by atoms with Crippen molar-refractivity contribution < 1.29 is 4.79 Å². The smallest absolute Gasteiger partial charge is 0.226 e. The van der Waals surface area contributed by atoms with Gasteiger partial charge in [-0.05, 0) is 12.5 Å². The highest BCUT2D eigenvalue weighted by Crippen LogP contribution is 2.23. The molecule has 0 saturated carbocycles. The van der Waals surface area contributed by atoms with Crippen LogP contribution in [0.1, 0.15) is 12.1 Å². The molecule has 22 heavy (non-hydrogen) atoms. The van der Waals surface area contributed by atoms with Gasteiger partial charge in [-0.2, -0.15) is 5.10 Å². The first kappa shape index (κ1) is 14.5. The monoisotopic (exact) mass is 316 g/mol. The van der Waals surface area contributed by atoms with Crippen molar-refractivity contribution in [3.8, 4) is 11.5 Å². The average molecular weight is 316 g/mol. The predicted molar refractivity (Wildman–Crippen MR) is 84.5 cm³/mol. The summed E-state index contributed by atoms with van der Waals surface area (Å²) in [6.07, 6.45) is 6.37. The molecule has 0 aliphatic rings. The van der Waals surface area contributed by atoms with Gasteiger partial charge >= 0.3 is 0 Å². The van der Waals surface area contributed by atoms with Gasteiger partial charge in [-0.1, -0.05) is 0 Å². The maximum atomic E-state index is 12.0. The van der Waals surface area contributed by atoms with Gasteiger partial charge in [-0.25, -0.2) is 9.97 Å². The average Bonchev–Trinajstić information content (AvgIpc) is 3.19. The highest BCUT2D eigenvalue weighted by Gasteiger charge is 2.11. The van der Waals surface area contributed by atoms with E-state index in [0.717, 1.165) is 17.2 Å². The molecule has 8 heteroatoms. The molecule has 0 aliphatic carbocycles. The van der Waals surface area contributed by atoms with Crippen LogP contribution in [0, 0.1) is 0 Å². The van der Waals surface area contributed by atoms with Gasteiger partial charge in [0.05, 0.1) is 0 Å². The van der Waals surface area contributed by atoms with Crippen LogP contribution in [0.4, 0.5) is 5.13 Å². The van der Waals surface area contributed by atoms with Gasteiger partial charge in [0.25, 0.3) is 0 Å². The van der Waals surface area contributed by atoms with Crippen LogP contribution in [0.15, 0.2) is 30.0 Å². The van der Waals surface area contributed by atoms with Crippen molar-refractivity contribution >= 4 is 22.4 Å². The highest BCUT2D eigenvalue weighted by molar-refractivity contribution is 7.14. The summed E-state index contributed by atoms with van der Waals surface area (Å²) in [4.78, 5) is 20.6. The number of thiazole rings is 1. The van der Waals surface area contributed by atoms with Crippen LogP contribution in [0.5, 0.6) is 0 Å². The van der Waals surface area contributed by atoms with E-state index in [1.807, 2.05) is 36.3 Å². The van der Waals surface area contributed by atoms with Crippen LogP contribution in [0.2, 0.25) is 0 Å². The van der Waals surface area contributed by atoms with E-state index in [1.165, 1.54) is 11.3 Å². The van der Waals surface area contributed by atoms with E-state index in [4.69, 9.17) is 0 Å². The maximum absolute atomic E-state index is 12.0. The molecule has 0 spiro atoms. The minimum Gasteiger partial charge on any atom is -0.333 e. The van der Waals surface area contributed by atoms with Crippen molar-refractivity contribution in [2.45, 2.75) is 12.8 Å².